The predicted octanol–water partition coefficient (Wildman–Crippen LogP) is 3.97. The first-order valence-corrected chi connectivity index (χ1v) is 7.36. The van der Waals surface area contributed by atoms with Gasteiger partial charge in [-0.05, 0) is 48.9 Å². The molecule has 2 rings (SSSR count). The summed E-state index contributed by atoms with van der Waals surface area (Å²) >= 11 is 0. The molecule has 3 nitrogen and oxygen atoms in total. The number of hydrogen-bond donors (Lipinski definition) is 2. The zero-order valence-electron chi connectivity index (χ0n) is 12.4. The number of H-pyrrole nitrogens is 1. The molecule has 0 amide bonds. The van der Waals surface area contributed by atoms with E-state index in [1.54, 1.807) is 7.11 Å². The van der Waals surface area contributed by atoms with E-state index >= 15 is 0 Å². The Morgan fingerprint density at radius 2 is 2.10 bits per heavy atom. The van der Waals surface area contributed by atoms with Gasteiger partial charge in [-0.3, -0.25) is 0 Å². The van der Waals surface area contributed by atoms with Gasteiger partial charge in [0.25, 0.3) is 0 Å². The fourth-order valence-electron chi connectivity index (χ4n) is 2.32. The predicted molar refractivity (Wildman–Crippen MR) is 84.0 cm³/mol. The average molecular weight is 272 g/mol. The van der Waals surface area contributed by atoms with Crippen LogP contribution in [0.5, 0.6) is 5.75 Å². The van der Waals surface area contributed by atoms with Crippen molar-refractivity contribution in [2.75, 3.05) is 13.7 Å². The van der Waals surface area contributed by atoms with Crippen molar-refractivity contribution in [1.29, 1.82) is 0 Å². The summed E-state index contributed by atoms with van der Waals surface area (Å²) in [4.78, 5) is 3.24. The van der Waals surface area contributed by atoms with Crippen molar-refractivity contribution < 1.29 is 4.74 Å². The van der Waals surface area contributed by atoms with Gasteiger partial charge in [-0.25, -0.2) is 0 Å². The standard InChI is InChI=1S/C17H24N2O/c1-3-4-5-10-18-13-15-12-14(8-9-17(15)20-2)16-7-6-11-19-16/h6-9,11-12,18-19H,3-5,10,13H2,1-2H3. The number of benzene rings is 1. The van der Waals surface area contributed by atoms with Gasteiger partial charge in [-0.1, -0.05) is 19.8 Å². The van der Waals surface area contributed by atoms with E-state index in [1.807, 2.05) is 18.3 Å². The Balaban J connectivity index is 2.03. The Bertz CT molecular complexity index is 506. The van der Waals surface area contributed by atoms with Gasteiger partial charge in [0.1, 0.15) is 5.75 Å². The minimum Gasteiger partial charge on any atom is -0.496 e. The molecule has 0 atom stereocenters. The first kappa shape index (κ1) is 14.7. The van der Waals surface area contributed by atoms with Gasteiger partial charge in [0.15, 0.2) is 0 Å². The van der Waals surface area contributed by atoms with Crippen LogP contribution < -0.4 is 10.1 Å². The molecule has 1 aromatic heterocycles. The molecule has 3 heteroatoms. The summed E-state index contributed by atoms with van der Waals surface area (Å²) < 4.78 is 5.45. The fraction of sp³-hybridized carbons (Fsp3) is 0.412. The van der Waals surface area contributed by atoms with E-state index in [-0.39, 0.29) is 0 Å². The van der Waals surface area contributed by atoms with Crippen LogP contribution in [0.4, 0.5) is 0 Å². The van der Waals surface area contributed by atoms with Gasteiger partial charge in [0, 0.05) is 24.0 Å². The summed E-state index contributed by atoms with van der Waals surface area (Å²) in [5, 5.41) is 3.49. The monoisotopic (exact) mass is 272 g/mol. The van der Waals surface area contributed by atoms with Crippen LogP contribution in [0.15, 0.2) is 36.5 Å². The molecule has 2 aromatic rings. The first-order valence-electron chi connectivity index (χ1n) is 7.36. The Kier molecular flexibility index (Phi) is 5.69. The molecular formula is C17H24N2O. The van der Waals surface area contributed by atoms with Crippen LogP contribution in [0.2, 0.25) is 0 Å². The van der Waals surface area contributed by atoms with Gasteiger partial charge in [-0.15, -0.1) is 0 Å². The van der Waals surface area contributed by atoms with Crippen LogP contribution in [-0.2, 0) is 6.54 Å². The van der Waals surface area contributed by atoms with Gasteiger partial charge < -0.3 is 15.0 Å². The van der Waals surface area contributed by atoms with E-state index in [0.29, 0.717) is 0 Å². The first-order chi connectivity index (χ1) is 9.85. The molecule has 20 heavy (non-hydrogen) atoms. The van der Waals surface area contributed by atoms with Crippen LogP contribution in [0.25, 0.3) is 11.3 Å². The zero-order chi connectivity index (χ0) is 14.2. The summed E-state index contributed by atoms with van der Waals surface area (Å²) in [5.41, 5.74) is 3.54. The Morgan fingerprint density at radius 3 is 2.80 bits per heavy atom. The van der Waals surface area contributed by atoms with Crippen molar-refractivity contribution in [2.45, 2.75) is 32.7 Å². The lowest BCUT2D eigenvalue weighted by Gasteiger charge is -2.11. The maximum atomic E-state index is 5.45. The van der Waals surface area contributed by atoms with Crippen molar-refractivity contribution in [3.8, 4) is 17.0 Å². The van der Waals surface area contributed by atoms with Gasteiger partial charge in [0.05, 0.1) is 7.11 Å². The molecule has 0 saturated heterocycles. The maximum Gasteiger partial charge on any atom is 0.123 e. The Hall–Kier alpha value is -1.74. The summed E-state index contributed by atoms with van der Waals surface area (Å²) in [5.74, 6) is 0.947. The van der Waals surface area contributed by atoms with Crippen LogP contribution in [-0.4, -0.2) is 18.6 Å². The van der Waals surface area contributed by atoms with Crippen molar-refractivity contribution in [2.24, 2.45) is 0 Å². The van der Waals surface area contributed by atoms with Crippen molar-refractivity contribution >= 4 is 0 Å². The summed E-state index contributed by atoms with van der Waals surface area (Å²) in [6.45, 7) is 4.13. The maximum absolute atomic E-state index is 5.45. The van der Waals surface area contributed by atoms with Crippen LogP contribution in [0, 0.1) is 0 Å². The smallest absolute Gasteiger partial charge is 0.123 e. The highest BCUT2D eigenvalue weighted by atomic mass is 16.5. The molecule has 0 bridgehead atoms. The lowest BCUT2D eigenvalue weighted by Crippen LogP contribution is -2.15. The van der Waals surface area contributed by atoms with E-state index in [9.17, 15) is 0 Å². The van der Waals surface area contributed by atoms with Crippen LogP contribution >= 0.6 is 0 Å². The van der Waals surface area contributed by atoms with Crippen LogP contribution in [0.3, 0.4) is 0 Å². The largest absolute Gasteiger partial charge is 0.496 e. The molecule has 0 saturated carbocycles. The Morgan fingerprint density at radius 1 is 1.20 bits per heavy atom. The highest BCUT2D eigenvalue weighted by Crippen LogP contribution is 2.25. The lowest BCUT2D eigenvalue weighted by molar-refractivity contribution is 0.407. The van der Waals surface area contributed by atoms with Crippen molar-refractivity contribution in [3.05, 3.63) is 42.1 Å². The topological polar surface area (TPSA) is 37.0 Å². The number of ether oxygens (including phenoxy) is 1. The molecule has 0 aliphatic heterocycles. The second-order valence-electron chi connectivity index (χ2n) is 4.99. The van der Waals surface area contributed by atoms with E-state index in [2.05, 4.69) is 35.4 Å². The molecule has 0 aliphatic rings. The number of aromatic nitrogens is 1. The van der Waals surface area contributed by atoms with Gasteiger partial charge in [0.2, 0.25) is 0 Å². The number of unbranched alkanes of at least 4 members (excludes halogenated alkanes) is 2. The number of nitrogens with one attached hydrogen (secondary N) is 2. The second-order valence-corrected chi connectivity index (χ2v) is 4.99. The second kappa shape index (κ2) is 7.75. The highest BCUT2D eigenvalue weighted by Gasteiger charge is 2.06. The van der Waals surface area contributed by atoms with E-state index in [0.717, 1.165) is 24.5 Å². The third-order valence-corrected chi connectivity index (χ3v) is 3.46. The number of methoxy groups -OCH3 is 1. The van der Waals surface area contributed by atoms with E-state index in [4.69, 9.17) is 4.74 Å². The lowest BCUT2D eigenvalue weighted by atomic mass is 10.1. The molecule has 2 N–H and O–H groups in total. The van der Waals surface area contributed by atoms with Crippen LogP contribution in [0.1, 0.15) is 31.7 Å². The molecule has 108 valence electrons. The van der Waals surface area contributed by atoms with Crippen molar-refractivity contribution in [1.82, 2.24) is 10.3 Å². The van der Waals surface area contributed by atoms with Gasteiger partial charge >= 0.3 is 0 Å². The average Bonchev–Trinajstić information content (AvgIpc) is 3.01. The quantitative estimate of drug-likeness (QED) is 0.713. The number of aromatic amines is 1. The molecule has 0 unspecified atom stereocenters. The third-order valence-electron chi connectivity index (χ3n) is 3.46. The summed E-state index contributed by atoms with van der Waals surface area (Å²) in [7, 11) is 1.73. The van der Waals surface area contributed by atoms with Crippen molar-refractivity contribution in [3.63, 3.8) is 0 Å². The number of rotatable bonds is 8. The number of hydrogen-bond acceptors (Lipinski definition) is 2. The minimum absolute atomic E-state index is 0.849. The van der Waals surface area contributed by atoms with Gasteiger partial charge in [-0.2, -0.15) is 0 Å². The highest BCUT2D eigenvalue weighted by molar-refractivity contribution is 5.62. The summed E-state index contributed by atoms with van der Waals surface area (Å²) in [6.07, 6.45) is 5.72. The molecule has 0 radical (unpaired) electrons. The molecule has 0 spiro atoms. The SMILES string of the molecule is CCCCCNCc1cc(-c2ccc[nH]2)ccc1OC. The zero-order valence-corrected chi connectivity index (χ0v) is 12.4. The molecule has 1 aromatic carbocycles. The molecular weight excluding hydrogens is 248 g/mol. The third kappa shape index (κ3) is 3.87. The minimum atomic E-state index is 0.849. The normalized spacial score (nSPS) is 10.7. The van der Waals surface area contributed by atoms with E-state index < -0.39 is 0 Å². The van der Waals surface area contributed by atoms with E-state index in [1.165, 1.54) is 30.4 Å². The fourth-order valence-corrected chi connectivity index (χ4v) is 2.32. The summed E-state index contributed by atoms with van der Waals surface area (Å²) in [6, 6.07) is 10.4. The Labute approximate surface area is 121 Å². The molecule has 0 aliphatic carbocycles. The molecule has 1 heterocycles. The molecule has 0 fully saturated rings.